The summed E-state index contributed by atoms with van der Waals surface area (Å²) in [5.74, 6) is -0.0820. The van der Waals surface area contributed by atoms with Gasteiger partial charge in [-0.1, -0.05) is 44.2 Å². The van der Waals surface area contributed by atoms with Crippen molar-refractivity contribution in [3.8, 4) is 0 Å². The second kappa shape index (κ2) is 5.94. The van der Waals surface area contributed by atoms with Crippen molar-refractivity contribution >= 4 is 5.91 Å². The smallest absolute Gasteiger partial charge is 0.237 e. The molecule has 0 radical (unpaired) electrons. The fraction of sp³-hybridized carbons (Fsp3) is 0.562. The molecule has 3 N–H and O–H groups in total. The van der Waals surface area contributed by atoms with Crippen LogP contribution in [0, 0.1) is 5.41 Å². The fourth-order valence-corrected chi connectivity index (χ4v) is 2.77. The molecule has 0 bridgehead atoms. The van der Waals surface area contributed by atoms with E-state index in [-0.39, 0.29) is 23.5 Å². The predicted octanol–water partition coefficient (Wildman–Crippen LogP) is 1.49. The summed E-state index contributed by atoms with van der Waals surface area (Å²) < 4.78 is 5.39. The summed E-state index contributed by atoms with van der Waals surface area (Å²) in [5.41, 5.74) is 7.04. The van der Waals surface area contributed by atoms with E-state index in [1.54, 1.807) is 7.11 Å². The summed E-state index contributed by atoms with van der Waals surface area (Å²) >= 11 is 0. The van der Waals surface area contributed by atoms with Crippen LogP contribution in [0.1, 0.15) is 25.8 Å². The van der Waals surface area contributed by atoms with Crippen LogP contribution in [0.15, 0.2) is 30.3 Å². The molecule has 1 aromatic carbocycles. The van der Waals surface area contributed by atoms with Crippen LogP contribution in [0.25, 0.3) is 0 Å². The number of nitrogens with one attached hydrogen (secondary N) is 1. The third-order valence-corrected chi connectivity index (χ3v) is 4.41. The predicted molar refractivity (Wildman–Crippen MR) is 79.2 cm³/mol. The Morgan fingerprint density at radius 3 is 2.65 bits per heavy atom. The van der Waals surface area contributed by atoms with Gasteiger partial charge in [-0.25, -0.2) is 0 Å². The van der Waals surface area contributed by atoms with Gasteiger partial charge in [0.15, 0.2) is 0 Å². The zero-order chi connectivity index (χ0) is 14.8. The van der Waals surface area contributed by atoms with Crippen LogP contribution < -0.4 is 11.1 Å². The van der Waals surface area contributed by atoms with E-state index >= 15 is 0 Å². The molecule has 4 nitrogen and oxygen atoms in total. The molecule has 1 aliphatic carbocycles. The van der Waals surface area contributed by atoms with Crippen molar-refractivity contribution in [3.05, 3.63) is 35.9 Å². The highest BCUT2D eigenvalue weighted by Crippen LogP contribution is 2.42. The normalized spacial score (nSPS) is 25.6. The van der Waals surface area contributed by atoms with Crippen molar-refractivity contribution in [2.24, 2.45) is 11.1 Å². The SMILES string of the molecule is COC1CC(NC(=O)[C@@H](N)Cc2ccccc2)C1(C)C. The Bertz CT molecular complexity index is 459. The molecule has 2 unspecified atom stereocenters. The molecule has 1 aromatic rings. The van der Waals surface area contributed by atoms with Gasteiger partial charge in [-0.3, -0.25) is 4.79 Å². The lowest BCUT2D eigenvalue weighted by molar-refractivity contribution is -0.133. The van der Waals surface area contributed by atoms with E-state index in [0.29, 0.717) is 6.42 Å². The summed E-state index contributed by atoms with van der Waals surface area (Å²) in [6.07, 6.45) is 1.62. The summed E-state index contributed by atoms with van der Waals surface area (Å²) in [5, 5.41) is 3.05. The molecular formula is C16H24N2O2. The monoisotopic (exact) mass is 276 g/mol. The Hall–Kier alpha value is -1.39. The Labute approximate surface area is 120 Å². The highest BCUT2D eigenvalue weighted by atomic mass is 16.5. The van der Waals surface area contributed by atoms with Crippen molar-refractivity contribution in [1.29, 1.82) is 0 Å². The molecule has 4 heteroatoms. The second-order valence-corrected chi connectivity index (χ2v) is 6.14. The first-order valence-electron chi connectivity index (χ1n) is 7.08. The van der Waals surface area contributed by atoms with Crippen LogP contribution >= 0.6 is 0 Å². The largest absolute Gasteiger partial charge is 0.381 e. The molecule has 1 saturated carbocycles. The number of hydrogen-bond donors (Lipinski definition) is 2. The number of ether oxygens (including phenoxy) is 1. The maximum atomic E-state index is 12.2. The number of amides is 1. The number of carbonyl (C=O) groups excluding carboxylic acids is 1. The Kier molecular flexibility index (Phi) is 4.45. The molecule has 1 fully saturated rings. The van der Waals surface area contributed by atoms with Crippen LogP contribution in [0.3, 0.4) is 0 Å². The number of rotatable bonds is 5. The van der Waals surface area contributed by atoms with Crippen LogP contribution in [0.2, 0.25) is 0 Å². The minimum atomic E-state index is -0.505. The van der Waals surface area contributed by atoms with Crippen LogP contribution in [0.5, 0.6) is 0 Å². The summed E-state index contributed by atoms with van der Waals surface area (Å²) in [6.45, 7) is 4.22. The number of carbonyl (C=O) groups is 1. The fourth-order valence-electron chi connectivity index (χ4n) is 2.77. The average Bonchev–Trinajstić information content (AvgIpc) is 2.43. The topological polar surface area (TPSA) is 64.3 Å². The maximum Gasteiger partial charge on any atom is 0.237 e. The lowest BCUT2D eigenvalue weighted by atomic mass is 9.64. The van der Waals surface area contributed by atoms with Gasteiger partial charge in [-0.2, -0.15) is 0 Å². The van der Waals surface area contributed by atoms with Gasteiger partial charge < -0.3 is 15.8 Å². The summed E-state index contributed by atoms with van der Waals surface area (Å²) in [7, 11) is 1.71. The van der Waals surface area contributed by atoms with Crippen LogP contribution in [-0.2, 0) is 16.0 Å². The Morgan fingerprint density at radius 2 is 2.10 bits per heavy atom. The minimum absolute atomic E-state index is 0.0309. The molecule has 3 atom stereocenters. The molecule has 0 saturated heterocycles. The van der Waals surface area contributed by atoms with Gasteiger partial charge in [0.2, 0.25) is 5.91 Å². The van der Waals surface area contributed by atoms with E-state index < -0.39 is 6.04 Å². The lowest BCUT2D eigenvalue weighted by Gasteiger charge is -2.51. The van der Waals surface area contributed by atoms with Crippen LogP contribution in [-0.4, -0.2) is 31.2 Å². The van der Waals surface area contributed by atoms with E-state index in [9.17, 15) is 4.79 Å². The van der Waals surface area contributed by atoms with Crippen molar-refractivity contribution in [2.45, 2.75) is 44.9 Å². The van der Waals surface area contributed by atoms with Gasteiger partial charge in [0.05, 0.1) is 12.1 Å². The van der Waals surface area contributed by atoms with E-state index in [4.69, 9.17) is 10.5 Å². The maximum absolute atomic E-state index is 12.2. The molecule has 0 aliphatic heterocycles. The molecule has 0 aromatic heterocycles. The van der Waals surface area contributed by atoms with E-state index in [1.165, 1.54) is 0 Å². The number of benzene rings is 1. The van der Waals surface area contributed by atoms with Crippen molar-refractivity contribution in [2.75, 3.05) is 7.11 Å². The van der Waals surface area contributed by atoms with Crippen molar-refractivity contribution in [1.82, 2.24) is 5.32 Å². The molecule has 0 heterocycles. The van der Waals surface area contributed by atoms with Gasteiger partial charge in [-0.15, -0.1) is 0 Å². The molecule has 1 aliphatic rings. The van der Waals surface area contributed by atoms with Gasteiger partial charge in [0.25, 0.3) is 0 Å². The zero-order valence-corrected chi connectivity index (χ0v) is 12.4. The zero-order valence-electron chi connectivity index (χ0n) is 12.4. The van der Waals surface area contributed by atoms with Gasteiger partial charge in [0.1, 0.15) is 0 Å². The lowest BCUT2D eigenvalue weighted by Crippen LogP contribution is -2.63. The first-order valence-corrected chi connectivity index (χ1v) is 7.08. The van der Waals surface area contributed by atoms with Crippen molar-refractivity contribution < 1.29 is 9.53 Å². The number of methoxy groups -OCH3 is 1. The first-order chi connectivity index (χ1) is 9.45. The van der Waals surface area contributed by atoms with Crippen molar-refractivity contribution in [3.63, 3.8) is 0 Å². The van der Waals surface area contributed by atoms with E-state index in [1.807, 2.05) is 30.3 Å². The number of nitrogens with two attached hydrogens (primary N) is 1. The molecule has 0 spiro atoms. The first kappa shape index (κ1) is 15.0. The average molecular weight is 276 g/mol. The van der Waals surface area contributed by atoms with Gasteiger partial charge in [0, 0.05) is 18.6 Å². The third-order valence-electron chi connectivity index (χ3n) is 4.41. The molecule has 110 valence electrons. The van der Waals surface area contributed by atoms with Crippen LogP contribution in [0.4, 0.5) is 0 Å². The molecule has 20 heavy (non-hydrogen) atoms. The summed E-state index contributed by atoms with van der Waals surface area (Å²) in [4.78, 5) is 12.2. The molecular weight excluding hydrogens is 252 g/mol. The highest BCUT2D eigenvalue weighted by molar-refractivity contribution is 5.82. The Balaban J connectivity index is 1.86. The van der Waals surface area contributed by atoms with Gasteiger partial charge >= 0.3 is 0 Å². The summed E-state index contributed by atoms with van der Waals surface area (Å²) in [6, 6.07) is 9.48. The minimum Gasteiger partial charge on any atom is -0.381 e. The number of hydrogen-bond acceptors (Lipinski definition) is 3. The Morgan fingerprint density at radius 1 is 1.45 bits per heavy atom. The van der Waals surface area contributed by atoms with E-state index in [0.717, 1.165) is 12.0 Å². The highest BCUT2D eigenvalue weighted by Gasteiger charge is 2.49. The third kappa shape index (κ3) is 3.02. The molecule has 2 rings (SSSR count). The van der Waals surface area contributed by atoms with E-state index in [2.05, 4.69) is 19.2 Å². The molecule has 1 amide bonds. The quantitative estimate of drug-likeness (QED) is 0.856. The van der Waals surface area contributed by atoms with Gasteiger partial charge in [-0.05, 0) is 18.4 Å². The standard InChI is InChI=1S/C16H24N2O2/c1-16(2)13(10-14(16)20-3)18-15(19)12(17)9-11-7-5-4-6-8-11/h4-8,12-14H,9-10,17H2,1-3H3,(H,18,19)/t12-,13?,14?/m0/s1. The second-order valence-electron chi connectivity index (χ2n) is 6.14.